The molecule has 0 amide bonds. The number of carboxylic acids is 1. The van der Waals surface area contributed by atoms with Crippen LogP contribution in [0.3, 0.4) is 0 Å². The minimum absolute atomic E-state index is 0.331. The molecule has 1 unspecified atom stereocenters. The van der Waals surface area contributed by atoms with E-state index in [4.69, 9.17) is 5.11 Å². The van der Waals surface area contributed by atoms with Crippen molar-refractivity contribution in [2.24, 2.45) is 0 Å². The van der Waals surface area contributed by atoms with Crippen LogP contribution in [0, 0.1) is 0 Å². The average molecular weight is 243 g/mol. The van der Waals surface area contributed by atoms with Crippen molar-refractivity contribution in [1.82, 2.24) is 15.1 Å². The van der Waals surface area contributed by atoms with Gasteiger partial charge in [0.1, 0.15) is 6.04 Å². The van der Waals surface area contributed by atoms with Gasteiger partial charge in [0.15, 0.2) is 0 Å². The minimum Gasteiger partial charge on any atom is -0.480 e. The summed E-state index contributed by atoms with van der Waals surface area (Å²) in [5, 5.41) is 12.5. The van der Waals surface area contributed by atoms with Gasteiger partial charge in [0.05, 0.1) is 0 Å². The van der Waals surface area contributed by atoms with Gasteiger partial charge in [-0.1, -0.05) is 13.3 Å². The highest BCUT2D eigenvalue weighted by Crippen LogP contribution is 2.05. The van der Waals surface area contributed by atoms with E-state index in [1.165, 1.54) is 0 Å². The lowest BCUT2D eigenvalue weighted by molar-refractivity contribution is -0.143. The molecule has 0 bridgehead atoms. The van der Waals surface area contributed by atoms with Gasteiger partial charge in [0.25, 0.3) is 0 Å². The topological polar surface area (TPSA) is 55.8 Å². The van der Waals surface area contributed by atoms with E-state index in [0.717, 1.165) is 52.1 Å². The monoisotopic (exact) mass is 243 g/mol. The number of piperazine rings is 1. The predicted octanol–water partition coefficient (Wildman–Crippen LogP) is 0.0767. The Balaban J connectivity index is 2.30. The maximum atomic E-state index is 11.1. The number of rotatable bonds is 7. The van der Waals surface area contributed by atoms with Gasteiger partial charge >= 0.3 is 5.97 Å². The average Bonchev–Trinajstić information content (AvgIpc) is 2.34. The minimum atomic E-state index is -0.699. The number of aliphatic carboxylic acids is 1. The lowest BCUT2D eigenvalue weighted by Gasteiger charge is -2.31. The molecule has 1 rings (SSSR count). The van der Waals surface area contributed by atoms with Crippen LogP contribution in [0.15, 0.2) is 0 Å². The number of hydrogen-bond donors (Lipinski definition) is 2. The lowest BCUT2D eigenvalue weighted by atomic mass is 10.1. The molecule has 0 saturated carbocycles. The summed E-state index contributed by atoms with van der Waals surface area (Å²) in [4.78, 5) is 15.5. The molecule has 5 nitrogen and oxygen atoms in total. The fourth-order valence-corrected chi connectivity index (χ4v) is 2.20. The fourth-order valence-electron chi connectivity index (χ4n) is 2.20. The number of nitrogens with one attached hydrogen (secondary N) is 1. The largest absolute Gasteiger partial charge is 0.480 e. The van der Waals surface area contributed by atoms with Gasteiger partial charge in [-0.15, -0.1) is 0 Å². The highest BCUT2D eigenvalue weighted by molar-refractivity contribution is 5.73. The first-order chi connectivity index (χ1) is 8.15. The Kier molecular flexibility index (Phi) is 6.47. The van der Waals surface area contributed by atoms with Crippen molar-refractivity contribution in [1.29, 1.82) is 0 Å². The van der Waals surface area contributed by atoms with Crippen LogP contribution in [0.5, 0.6) is 0 Å². The van der Waals surface area contributed by atoms with Crippen molar-refractivity contribution >= 4 is 5.97 Å². The third kappa shape index (κ3) is 5.02. The summed E-state index contributed by atoms with van der Waals surface area (Å²) in [6.07, 6.45) is 1.64. The van der Waals surface area contributed by atoms with E-state index in [9.17, 15) is 4.79 Å². The standard InChI is InChI=1S/C12H25N3O2/c1-3-4-11(12(16)17)14(2)9-10-15-7-5-13-6-8-15/h11,13H,3-10H2,1-2H3,(H,16,17). The first-order valence-corrected chi connectivity index (χ1v) is 6.51. The summed E-state index contributed by atoms with van der Waals surface area (Å²) in [5.41, 5.74) is 0. The maximum Gasteiger partial charge on any atom is 0.320 e. The highest BCUT2D eigenvalue weighted by atomic mass is 16.4. The molecule has 1 aliphatic rings. The van der Waals surface area contributed by atoms with Gasteiger partial charge in [0.2, 0.25) is 0 Å². The molecule has 1 saturated heterocycles. The van der Waals surface area contributed by atoms with Crippen LogP contribution in [0.25, 0.3) is 0 Å². The molecule has 2 N–H and O–H groups in total. The van der Waals surface area contributed by atoms with Gasteiger partial charge in [0, 0.05) is 39.3 Å². The summed E-state index contributed by atoms with van der Waals surface area (Å²) in [7, 11) is 1.91. The highest BCUT2D eigenvalue weighted by Gasteiger charge is 2.21. The van der Waals surface area contributed by atoms with Crippen molar-refractivity contribution in [2.75, 3.05) is 46.3 Å². The normalized spacial score (nSPS) is 19.5. The number of hydrogen-bond acceptors (Lipinski definition) is 4. The van der Waals surface area contributed by atoms with Crippen LogP contribution in [0.4, 0.5) is 0 Å². The molecule has 1 heterocycles. The van der Waals surface area contributed by atoms with Crippen LogP contribution in [-0.2, 0) is 4.79 Å². The Morgan fingerprint density at radius 2 is 2.12 bits per heavy atom. The predicted molar refractivity (Wildman–Crippen MR) is 68.3 cm³/mol. The third-order valence-corrected chi connectivity index (χ3v) is 3.36. The Bertz CT molecular complexity index is 230. The lowest BCUT2D eigenvalue weighted by Crippen LogP contribution is -2.48. The molecule has 0 radical (unpaired) electrons. The molecule has 100 valence electrons. The fraction of sp³-hybridized carbons (Fsp3) is 0.917. The SMILES string of the molecule is CCCC(C(=O)O)N(C)CCN1CCNCC1. The summed E-state index contributed by atoms with van der Waals surface area (Å²) < 4.78 is 0. The van der Waals surface area contributed by atoms with Gasteiger partial charge in [-0.3, -0.25) is 14.6 Å². The quantitative estimate of drug-likeness (QED) is 0.663. The molecule has 0 aromatic heterocycles. The maximum absolute atomic E-state index is 11.1. The van der Waals surface area contributed by atoms with E-state index in [-0.39, 0.29) is 6.04 Å². The van der Waals surface area contributed by atoms with E-state index in [2.05, 4.69) is 10.2 Å². The number of nitrogens with zero attached hydrogens (tertiary/aromatic N) is 2. The molecule has 1 atom stereocenters. The van der Waals surface area contributed by atoms with E-state index < -0.39 is 5.97 Å². The summed E-state index contributed by atoms with van der Waals surface area (Å²) in [6, 6.07) is -0.331. The zero-order valence-corrected chi connectivity index (χ0v) is 11.0. The summed E-state index contributed by atoms with van der Waals surface area (Å²) >= 11 is 0. The van der Waals surface area contributed by atoms with Crippen molar-refractivity contribution in [3.8, 4) is 0 Å². The Morgan fingerprint density at radius 3 is 2.65 bits per heavy atom. The molecule has 0 aromatic carbocycles. The van der Waals surface area contributed by atoms with Crippen molar-refractivity contribution in [3.05, 3.63) is 0 Å². The molecule has 0 aliphatic carbocycles. The van der Waals surface area contributed by atoms with Crippen molar-refractivity contribution in [2.45, 2.75) is 25.8 Å². The molecule has 1 fully saturated rings. The van der Waals surface area contributed by atoms with Crippen LogP contribution < -0.4 is 5.32 Å². The molecular formula is C12H25N3O2. The Hall–Kier alpha value is -0.650. The van der Waals surface area contributed by atoms with Crippen LogP contribution in [0.2, 0.25) is 0 Å². The molecule has 1 aliphatic heterocycles. The van der Waals surface area contributed by atoms with Crippen molar-refractivity contribution in [3.63, 3.8) is 0 Å². The third-order valence-electron chi connectivity index (χ3n) is 3.36. The number of carboxylic acid groups (broad SMARTS) is 1. The van der Waals surface area contributed by atoms with Gasteiger partial charge in [-0.05, 0) is 13.5 Å². The summed E-state index contributed by atoms with van der Waals surface area (Å²) in [6.45, 7) is 8.05. The molecule has 17 heavy (non-hydrogen) atoms. The smallest absolute Gasteiger partial charge is 0.320 e. The second-order valence-corrected chi connectivity index (χ2v) is 4.71. The summed E-state index contributed by atoms with van der Waals surface area (Å²) in [5.74, 6) is -0.699. The second-order valence-electron chi connectivity index (χ2n) is 4.71. The first-order valence-electron chi connectivity index (χ1n) is 6.51. The van der Waals surface area contributed by atoms with Crippen LogP contribution >= 0.6 is 0 Å². The number of likely N-dealkylation sites (N-methyl/N-ethyl adjacent to an activating group) is 1. The van der Waals surface area contributed by atoms with Crippen LogP contribution in [0.1, 0.15) is 19.8 Å². The molecule has 0 spiro atoms. The van der Waals surface area contributed by atoms with Crippen LogP contribution in [-0.4, -0.2) is 73.2 Å². The molecular weight excluding hydrogens is 218 g/mol. The molecule has 5 heteroatoms. The van der Waals surface area contributed by atoms with Gasteiger partial charge < -0.3 is 10.4 Å². The van der Waals surface area contributed by atoms with E-state index in [1.54, 1.807) is 0 Å². The first kappa shape index (κ1) is 14.4. The van der Waals surface area contributed by atoms with E-state index in [0.29, 0.717) is 0 Å². The zero-order valence-electron chi connectivity index (χ0n) is 11.0. The van der Waals surface area contributed by atoms with E-state index >= 15 is 0 Å². The second kappa shape index (κ2) is 7.63. The Labute approximate surface area is 104 Å². The van der Waals surface area contributed by atoms with Gasteiger partial charge in [-0.25, -0.2) is 0 Å². The van der Waals surface area contributed by atoms with E-state index in [1.807, 2.05) is 18.9 Å². The number of carbonyl (C=O) groups is 1. The molecule has 0 aromatic rings. The van der Waals surface area contributed by atoms with Crippen molar-refractivity contribution < 1.29 is 9.90 Å². The zero-order chi connectivity index (χ0) is 12.7. The van der Waals surface area contributed by atoms with Gasteiger partial charge in [-0.2, -0.15) is 0 Å². The Morgan fingerprint density at radius 1 is 1.47 bits per heavy atom.